The lowest BCUT2D eigenvalue weighted by molar-refractivity contribution is 0.243. The first kappa shape index (κ1) is 14.6. The van der Waals surface area contributed by atoms with Crippen LogP contribution in [0.2, 0.25) is 0 Å². The fourth-order valence-electron chi connectivity index (χ4n) is 3.43. The molecule has 0 saturated heterocycles. The van der Waals surface area contributed by atoms with Crippen molar-refractivity contribution in [2.24, 2.45) is 5.41 Å². The van der Waals surface area contributed by atoms with Gasteiger partial charge in [-0.05, 0) is 49.6 Å². The van der Waals surface area contributed by atoms with Crippen molar-refractivity contribution in [1.82, 2.24) is 5.32 Å². The molecule has 0 aromatic heterocycles. The maximum atomic E-state index is 3.60. The largest absolute Gasteiger partial charge is 0.315 e. The highest BCUT2D eigenvalue weighted by molar-refractivity contribution is 5.15. The molecule has 106 valence electrons. The van der Waals surface area contributed by atoms with E-state index >= 15 is 0 Å². The van der Waals surface area contributed by atoms with Gasteiger partial charge in [0.15, 0.2) is 0 Å². The molecule has 0 atom stereocenters. The van der Waals surface area contributed by atoms with Crippen molar-refractivity contribution in [3.05, 3.63) is 35.9 Å². The molecule has 0 heterocycles. The summed E-state index contributed by atoms with van der Waals surface area (Å²) in [5.41, 5.74) is 2.13. The fraction of sp³-hybridized carbons (Fsp3) is 0.667. The first-order valence-electron chi connectivity index (χ1n) is 7.98. The smallest absolute Gasteiger partial charge is 0.00103 e. The van der Waals surface area contributed by atoms with E-state index in [1.807, 2.05) is 0 Å². The molecular weight excluding hydrogens is 230 g/mol. The minimum atomic E-state index is 0.618. The van der Waals surface area contributed by atoms with Gasteiger partial charge in [-0.1, -0.05) is 57.0 Å². The molecule has 0 unspecified atom stereocenters. The molecule has 1 aliphatic rings. The molecule has 1 aromatic carbocycles. The van der Waals surface area contributed by atoms with Crippen molar-refractivity contribution in [1.29, 1.82) is 0 Å². The summed E-state index contributed by atoms with van der Waals surface area (Å²) in [5, 5.41) is 3.60. The first-order chi connectivity index (χ1) is 9.20. The maximum Gasteiger partial charge on any atom is 0.00103 e. The van der Waals surface area contributed by atoms with Crippen LogP contribution in [0.4, 0.5) is 0 Å². The lowest BCUT2D eigenvalue weighted by Gasteiger charge is -2.30. The van der Waals surface area contributed by atoms with E-state index in [4.69, 9.17) is 0 Å². The van der Waals surface area contributed by atoms with Gasteiger partial charge >= 0.3 is 0 Å². The summed E-state index contributed by atoms with van der Waals surface area (Å²) >= 11 is 0. The Kier molecular flexibility index (Phi) is 5.45. The molecule has 0 spiro atoms. The van der Waals surface area contributed by atoms with Gasteiger partial charge in [0.1, 0.15) is 0 Å². The Morgan fingerprint density at radius 1 is 1.05 bits per heavy atom. The number of benzene rings is 1. The summed E-state index contributed by atoms with van der Waals surface area (Å²) in [4.78, 5) is 0. The number of nitrogens with one attached hydrogen (secondary N) is 1. The van der Waals surface area contributed by atoms with Crippen LogP contribution in [0.5, 0.6) is 0 Å². The van der Waals surface area contributed by atoms with Gasteiger partial charge in [0.05, 0.1) is 0 Å². The van der Waals surface area contributed by atoms with Gasteiger partial charge in [0, 0.05) is 6.04 Å². The minimum Gasteiger partial charge on any atom is -0.315 e. The van der Waals surface area contributed by atoms with E-state index in [9.17, 15) is 0 Å². The fourth-order valence-corrected chi connectivity index (χ4v) is 3.43. The third-order valence-corrected chi connectivity index (χ3v) is 4.66. The van der Waals surface area contributed by atoms with Gasteiger partial charge in [-0.3, -0.25) is 0 Å². The first-order valence-corrected chi connectivity index (χ1v) is 7.98. The molecular formula is C18H29N. The average molecular weight is 259 g/mol. The summed E-state index contributed by atoms with van der Waals surface area (Å²) in [6.45, 7) is 5.67. The number of rotatable bonds is 7. The van der Waals surface area contributed by atoms with Gasteiger partial charge in [0.2, 0.25) is 0 Å². The third-order valence-electron chi connectivity index (χ3n) is 4.66. The second kappa shape index (κ2) is 7.09. The summed E-state index contributed by atoms with van der Waals surface area (Å²) in [5.74, 6) is 0. The van der Waals surface area contributed by atoms with Crippen molar-refractivity contribution < 1.29 is 0 Å². The molecule has 0 radical (unpaired) electrons. The van der Waals surface area contributed by atoms with Crippen LogP contribution < -0.4 is 5.32 Å². The second-order valence-electron chi connectivity index (χ2n) is 6.55. The summed E-state index contributed by atoms with van der Waals surface area (Å²) < 4.78 is 0. The summed E-state index contributed by atoms with van der Waals surface area (Å²) in [6.07, 6.45) is 9.75. The highest BCUT2D eigenvalue weighted by Crippen LogP contribution is 2.44. The van der Waals surface area contributed by atoms with Crippen LogP contribution in [0, 0.1) is 5.41 Å². The Balaban J connectivity index is 1.85. The molecule has 1 nitrogen and oxygen atoms in total. The zero-order valence-electron chi connectivity index (χ0n) is 12.6. The van der Waals surface area contributed by atoms with Gasteiger partial charge < -0.3 is 5.32 Å². The Morgan fingerprint density at radius 2 is 1.74 bits per heavy atom. The maximum absolute atomic E-state index is 3.60. The van der Waals surface area contributed by atoms with Gasteiger partial charge in [-0.25, -0.2) is 0 Å². The SMILES string of the molecule is CC(C)NCCC1(CCc2ccccc2)CCCC1. The molecule has 1 N–H and O–H groups in total. The van der Waals surface area contributed by atoms with Crippen molar-refractivity contribution >= 4 is 0 Å². The number of hydrogen-bond acceptors (Lipinski definition) is 1. The predicted octanol–water partition coefficient (Wildman–Crippen LogP) is 4.57. The van der Waals surface area contributed by atoms with Crippen LogP contribution in [0.3, 0.4) is 0 Å². The highest BCUT2D eigenvalue weighted by Gasteiger charge is 2.32. The van der Waals surface area contributed by atoms with Crippen LogP contribution in [-0.2, 0) is 6.42 Å². The Morgan fingerprint density at radius 3 is 2.37 bits per heavy atom. The Bertz CT molecular complexity index is 349. The van der Waals surface area contributed by atoms with E-state index in [2.05, 4.69) is 49.5 Å². The minimum absolute atomic E-state index is 0.618. The van der Waals surface area contributed by atoms with Crippen LogP contribution in [-0.4, -0.2) is 12.6 Å². The van der Waals surface area contributed by atoms with E-state index in [0.29, 0.717) is 11.5 Å². The van der Waals surface area contributed by atoms with E-state index in [0.717, 1.165) is 0 Å². The Labute approximate surface area is 118 Å². The van der Waals surface area contributed by atoms with E-state index in [1.165, 1.54) is 57.1 Å². The molecule has 2 rings (SSSR count). The van der Waals surface area contributed by atoms with Gasteiger partial charge in [0.25, 0.3) is 0 Å². The molecule has 1 aliphatic carbocycles. The van der Waals surface area contributed by atoms with E-state index < -0.39 is 0 Å². The third kappa shape index (κ3) is 4.65. The second-order valence-corrected chi connectivity index (χ2v) is 6.55. The Hall–Kier alpha value is -0.820. The van der Waals surface area contributed by atoms with Crippen LogP contribution in [0.1, 0.15) is 57.9 Å². The van der Waals surface area contributed by atoms with Crippen LogP contribution >= 0.6 is 0 Å². The molecule has 1 aromatic rings. The topological polar surface area (TPSA) is 12.0 Å². The number of hydrogen-bond donors (Lipinski definition) is 1. The predicted molar refractivity (Wildman–Crippen MR) is 83.4 cm³/mol. The molecule has 19 heavy (non-hydrogen) atoms. The lowest BCUT2D eigenvalue weighted by Crippen LogP contribution is -2.29. The molecule has 0 amide bonds. The van der Waals surface area contributed by atoms with Crippen molar-refractivity contribution in [3.8, 4) is 0 Å². The molecule has 1 saturated carbocycles. The van der Waals surface area contributed by atoms with E-state index in [1.54, 1.807) is 0 Å². The zero-order chi connectivity index (χ0) is 13.6. The van der Waals surface area contributed by atoms with Crippen molar-refractivity contribution in [2.45, 2.75) is 64.8 Å². The lowest BCUT2D eigenvalue weighted by atomic mass is 9.77. The standard InChI is InChI=1S/C18H29N/c1-16(2)19-15-14-18(11-6-7-12-18)13-10-17-8-4-3-5-9-17/h3-5,8-9,16,19H,6-7,10-15H2,1-2H3. The van der Waals surface area contributed by atoms with Gasteiger partial charge in [-0.15, -0.1) is 0 Å². The quantitative estimate of drug-likeness (QED) is 0.756. The van der Waals surface area contributed by atoms with E-state index in [-0.39, 0.29) is 0 Å². The van der Waals surface area contributed by atoms with Crippen molar-refractivity contribution in [3.63, 3.8) is 0 Å². The normalized spacial score (nSPS) is 18.1. The summed E-state index contributed by atoms with van der Waals surface area (Å²) in [7, 11) is 0. The molecule has 1 heteroatoms. The monoisotopic (exact) mass is 259 g/mol. The molecule has 1 fully saturated rings. The molecule has 0 bridgehead atoms. The highest BCUT2D eigenvalue weighted by atomic mass is 14.9. The van der Waals surface area contributed by atoms with Crippen LogP contribution in [0.25, 0.3) is 0 Å². The van der Waals surface area contributed by atoms with Gasteiger partial charge in [-0.2, -0.15) is 0 Å². The van der Waals surface area contributed by atoms with Crippen molar-refractivity contribution in [2.75, 3.05) is 6.54 Å². The average Bonchev–Trinajstić information content (AvgIpc) is 2.87. The van der Waals surface area contributed by atoms with Crippen LogP contribution in [0.15, 0.2) is 30.3 Å². The summed E-state index contributed by atoms with van der Waals surface area (Å²) in [6, 6.07) is 11.6. The number of aryl methyl sites for hydroxylation is 1. The molecule has 0 aliphatic heterocycles. The zero-order valence-corrected chi connectivity index (χ0v) is 12.6.